The summed E-state index contributed by atoms with van der Waals surface area (Å²) in [5.74, 6) is 0. The highest BCUT2D eigenvalue weighted by Gasteiger charge is 2.27. The van der Waals surface area contributed by atoms with Crippen LogP contribution < -0.4 is 5.73 Å². The van der Waals surface area contributed by atoms with Gasteiger partial charge in [0.15, 0.2) is 0 Å². The molecule has 0 aliphatic carbocycles. The zero-order valence-electron chi connectivity index (χ0n) is 7.54. The maximum atomic E-state index is 5.94. The molecule has 2 rings (SSSR count). The Labute approximate surface area is 96.5 Å². The average molecular weight is 277 g/mol. The van der Waals surface area contributed by atoms with Crippen LogP contribution in [0.4, 0.5) is 0 Å². The summed E-state index contributed by atoms with van der Waals surface area (Å²) in [4.78, 5) is 0. The van der Waals surface area contributed by atoms with E-state index >= 15 is 0 Å². The van der Waals surface area contributed by atoms with Crippen LogP contribution in [0, 0.1) is 0 Å². The standard InChI is InChI=1S/C10H11BrClNO/c11-8-2-1-6(12)5-7(8)10-9(13)3-4-14-10/h1-2,5,9-10H,3-4,13H2. The first-order chi connectivity index (χ1) is 6.68. The van der Waals surface area contributed by atoms with Gasteiger partial charge in [-0.1, -0.05) is 27.5 Å². The Balaban J connectivity index is 2.34. The third kappa shape index (κ3) is 1.96. The van der Waals surface area contributed by atoms with Crippen molar-refractivity contribution in [3.05, 3.63) is 33.3 Å². The molecule has 2 nitrogen and oxygen atoms in total. The molecule has 2 N–H and O–H groups in total. The predicted octanol–water partition coefficient (Wildman–Crippen LogP) is 2.89. The van der Waals surface area contributed by atoms with Crippen molar-refractivity contribution in [3.8, 4) is 0 Å². The number of nitrogens with two attached hydrogens (primary N) is 1. The van der Waals surface area contributed by atoms with E-state index in [1.54, 1.807) is 0 Å². The lowest BCUT2D eigenvalue weighted by Crippen LogP contribution is -2.23. The van der Waals surface area contributed by atoms with Crippen molar-refractivity contribution in [2.24, 2.45) is 5.73 Å². The van der Waals surface area contributed by atoms with Crippen molar-refractivity contribution in [1.29, 1.82) is 0 Å². The minimum atomic E-state index is -0.0249. The fourth-order valence-electron chi connectivity index (χ4n) is 1.66. The lowest BCUT2D eigenvalue weighted by Gasteiger charge is -2.16. The van der Waals surface area contributed by atoms with E-state index in [1.807, 2.05) is 18.2 Å². The molecule has 0 bridgehead atoms. The molecule has 0 saturated carbocycles. The van der Waals surface area contributed by atoms with Gasteiger partial charge in [-0.3, -0.25) is 0 Å². The van der Waals surface area contributed by atoms with Crippen molar-refractivity contribution in [3.63, 3.8) is 0 Å². The monoisotopic (exact) mass is 275 g/mol. The first kappa shape index (κ1) is 10.4. The zero-order chi connectivity index (χ0) is 10.1. The zero-order valence-corrected chi connectivity index (χ0v) is 9.88. The highest BCUT2D eigenvalue weighted by molar-refractivity contribution is 9.10. The number of halogens is 2. The third-order valence-corrected chi connectivity index (χ3v) is 3.36. The molecule has 1 fully saturated rings. The fourth-order valence-corrected chi connectivity index (χ4v) is 2.31. The lowest BCUT2D eigenvalue weighted by atomic mass is 10.0. The highest BCUT2D eigenvalue weighted by atomic mass is 79.9. The maximum Gasteiger partial charge on any atom is 0.0987 e. The Bertz CT molecular complexity index is 345. The predicted molar refractivity (Wildman–Crippen MR) is 60.4 cm³/mol. The molecule has 0 spiro atoms. The topological polar surface area (TPSA) is 35.2 Å². The first-order valence-corrected chi connectivity index (χ1v) is 5.67. The second kappa shape index (κ2) is 4.19. The lowest BCUT2D eigenvalue weighted by molar-refractivity contribution is 0.104. The summed E-state index contributed by atoms with van der Waals surface area (Å²) in [5.41, 5.74) is 6.99. The molecular weight excluding hydrogens is 265 g/mol. The second-order valence-corrected chi connectivity index (χ2v) is 4.70. The quantitative estimate of drug-likeness (QED) is 0.856. The number of ether oxygens (including phenoxy) is 1. The van der Waals surface area contributed by atoms with Crippen LogP contribution in [-0.4, -0.2) is 12.6 Å². The average Bonchev–Trinajstić information content (AvgIpc) is 2.56. The number of benzene rings is 1. The van der Waals surface area contributed by atoms with E-state index in [2.05, 4.69) is 15.9 Å². The van der Waals surface area contributed by atoms with Crippen molar-refractivity contribution in [2.45, 2.75) is 18.6 Å². The van der Waals surface area contributed by atoms with E-state index in [9.17, 15) is 0 Å². The molecule has 2 unspecified atom stereocenters. The molecule has 14 heavy (non-hydrogen) atoms. The van der Waals surface area contributed by atoms with E-state index in [0.717, 1.165) is 23.1 Å². The summed E-state index contributed by atoms with van der Waals surface area (Å²) in [6, 6.07) is 5.74. The molecule has 0 aromatic heterocycles. The van der Waals surface area contributed by atoms with E-state index < -0.39 is 0 Å². The Hall–Kier alpha value is -0.0900. The van der Waals surface area contributed by atoms with Crippen molar-refractivity contribution in [1.82, 2.24) is 0 Å². The molecule has 1 saturated heterocycles. The molecule has 1 heterocycles. The molecular formula is C10H11BrClNO. The van der Waals surface area contributed by atoms with Gasteiger partial charge in [-0.15, -0.1) is 0 Å². The van der Waals surface area contributed by atoms with Gasteiger partial charge in [0, 0.05) is 22.1 Å². The fraction of sp³-hybridized carbons (Fsp3) is 0.400. The van der Waals surface area contributed by atoms with Gasteiger partial charge in [0.2, 0.25) is 0 Å². The second-order valence-electron chi connectivity index (χ2n) is 3.41. The smallest absolute Gasteiger partial charge is 0.0987 e. The van der Waals surface area contributed by atoms with Gasteiger partial charge in [0.1, 0.15) is 0 Å². The molecule has 1 aliphatic rings. The van der Waals surface area contributed by atoms with Gasteiger partial charge in [0.05, 0.1) is 6.10 Å². The summed E-state index contributed by atoms with van der Waals surface area (Å²) in [6.45, 7) is 0.727. The van der Waals surface area contributed by atoms with Gasteiger partial charge in [-0.25, -0.2) is 0 Å². The summed E-state index contributed by atoms with van der Waals surface area (Å²) in [6.07, 6.45) is 0.881. The number of rotatable bonds is 1. The summed E-state index contributed by atoms with van der Waals surface area (Å²) >= 11 is 9.40. The van der Waals surface area contributed by atoms with Gasteiger partial charge in [-0.05, 0) is 30.2 Å². The molecule has 1 aromatic carbocycles. The maximum absolute atomic E-state index is 5.94. The van der Waals surface area contributed by atoms with E-state index in [4.69, 9.17) is 22.1 Å². The summed E-state index contributed by atoms with van der Waals surface area (Å²) in [7, 11) is 0. The van der Waals surface area contributed by atoms with Crippen LogP contribution in [0.15, 0.2) is 22.7 Å². The van der Waals surface area contributed by atoms with E-state index in [-0.39, 0.29) is 12.1 Å². The number of hydrogen-bond donors (Lipinski definition) is 1. The van der Waals surface area contributed by atoms with Crippen LogP contribution in [0.25, 0.3) is 0 Å². The SMILES string of the molecule is NC1CCOC1c1cc(Cl)ccc1Br. The molecule has 0 amide bonds. The normalized spacial score (nSPS) is 26.8. The minimum Gasteiger partial charge on any atom is -0.372 e. The minimum absolute atomic E-state index is 0.0249. The first-order valence-electron chi connectivity index (χ1n) is 4.50. The van der Waals surface area contributed by atoms with Gasteiger partial charge >= 0.3 is 0 Å². The molecule has 4 heteroatoms. The summed E-state index contributed by atoms with van der Waals surface area (Å²) < 4.78 is 6.58. The van der Waals surface area contributed by atoms with E-state index in [1.165, 1.54) is 0 Å². The molecule has 76 valence electrons. The largest absolute Gasteiger partial charge is 0.372 e. The van der Waals surface area contributed by atoms with Gasteiger partial charge in [0.25, 0.3) is 0 Å². The van der Waals surface area contributed by atoms with Gasteiger partial charge in [-0.2, -0.15) is 0 Å². The Kier molecular flexibility index (Phi) is 3.12. The van der Waals surface area contributed by atoms with Crippen LogP contribution in [0.1, 0.15) is 18.1 Å². The third-order valence-electron chi connectivity index (χ3n) is 2.40. The Morgan fingerprint density at radius 2 is 2.29 bits per heavy atom. The Morgan fingerprint density at radius 1 is 1.50 bits per heavy atom. The van der Waals surface area contributed by atoms with Crippen molar-refractivity contribution >= 4 is 27.5 Å². The molecule has 1 aromatic rings. The molecule has 0 radical (unpaired) electrons. The van der Waals surface area contributed by atoms with Crippen molar-refractivity contribution in [2.75, 3.05) is 6.61 Å². The van der Waals surface area contributed by atoms with Crippen LogP contribution >= 0.6 is 27.5 Å². The molecule has 2 atom stereocenters. The summed E-state index contributed by atoms with van der Waals surface area (Å²) in [5, 5.41) is 0.714. The number of hydrogen-bond acceptors (Lipinski definition) is 2. The van der Waals surface area contributed by atoms with Crippen LogP contribution in [0.5, 0.6) is 0 Å². The van der Waals surface area contributed by atoms with Crippen LogP contribution in [0.2, 0.25) is 5.02 Å². The van der Waals surface area contributed by atoms with E-state index in [0.29, 0.717) is 5.02 Å². The van der Waals surface area contributed by atoms with Gasteiger partial charge < -0.3 is 10.5 Å². The highest BCUT2D eigenvalue weighted by Crippen LogP contribution is 2.34. The molecule has 1 aliphatic heterocycles. The Morgan fingerprint density at radius 3 is 2.93 bits per heavy atom. The van der Waals surface area contributed by atoms with Crippen molar-refractivity contribution < 1.29 is 4.74 Å². The van der Waals surface area contributed by atoms with Crippen LogP contribution in [-0.2, 0) is 4.74 Å². The van der Waals surface area contributed by atoms with Crippen LogP contribution in [0.3, 0.4) is 0 Å².